The fraction of sp³-hybridized carbons (Fsp3) is 0.583. The van der Waals surface area contributed by atoms with E-state index in [1.807, 2.05) is 16.9 Å². The summed E-state index contributed by atoms with van der Waals surface area (Å²) in [6, 6.07) is 2.38. The number of rotatable bonds is 3. The molecule has 0 aliphatic carbocycles. The third-order valence-electron chi connectivity index (χ3n) is 2.98. The van der Waals surface area contributed by atoms with Gasteiger partial charge in [-0.1, -0.05) is 0 Å². The van der Waals surface area contributed by atoms with E-state index in [9.17, 15) is 5.11 Å². The standard InChI is InChI=1S/C12H19N3O/c1-9(2)15-12(4-5-13-15)11-7-14(3)6-10(11)8-16/h4-5,9,16H,6-8H2,1-3H3. The minimum absolute atomic E-state index is 0.142. The van der Waals surface area contributed by atoms with Crippen LogP contribution in [0.3, 0.4) is 0 Å². The molecule has 0 aromatic carbocycles. The first-order valence-corrected chi connectivity index (χ1v) is 5.67. The van der Waals surface area contributed by atoms with E-state index in [4.69, 9.17) is 0 Å². The summed E-state index contributed by atoms with van der Waals surface area (Å²) in [5.41, 5.74) is 3.49. The topological polar surface area (TPSA) is 41.3 Å². The number of hydrogen-bond acceptors (Lipinski definition) is 3. The van der Waals surface area contributed by atoms with Crippen molar-refractivity contribution >= 4 is 5.57 Å². The highest BCUT2D eigenvalue weighted by molar-refractivity contribution is 5.70. The van der Waals surface area contributed by atoms with Gasteiger partial charge in [-0.2, -0.15) is 5.10 Å². The molecule has 0 bridgehead atoms. The maximum absolute atomic E-state index is 9.37. The molecule has 0 unspecified atom stereocenters. The number of aliphatic hydroxyl groups excluding tert-OH is 1. The highest BCUT2D eigenvalue weighted by atomic mass is 16.3. The van der Waals surface area contributed by atoms with E-state index in [1.54, 1.807) is 0 Å². The summed E-state index contributed by atoms with van der Waals surface area (Å²) in [7, 11) is 2.07. The molecule has 0 atom stereocenters. The van der Waals surface area contributed by atoms with E-state index < -0.39 is 0 Å². The van der Waals surface area contributed by atoms with Crippen LogP contribution in [0.2, 0.25) is 0 Å². The molecule has 1 aromatic rings. The maximum Gasteiger partial charge on any atom is 0.0661 e. The van der Waals surface area contributed by atoms with Crippen molar-refractivity contribution in [3.8, 4) is 0 Å². The minimum atomic E-state index is 0.142. The summed E-state index contributed by atoms with van der Waals surface area (Å²) in [4.78, 5) is 2.21. The molecule has 0 spiro atoms. The van der Waals surface area contributed by atoms with Gasteiger partial charge >= 0.3 is 0 Å². The van der Waals surface area contributed by atoms with E-state index in [1.165, 1.54) is 5.57 Å². The number of hydrogen-bond donors (Lipinski definition) is 1. The van der Waals surface area contributed by atoms with Crippen molar-refractivity contribution in [3.63, 3.8) is 0 Å². The molecule has 0 saturated carbocycles. The first kappa shape index (κ1) is 11.4. The Morgan fingerprint density at radius 1 is 1.44 bits per heavy atom. The second-order valence-electron chi connectivity index (χ2n) is 4.67. The lowest BCUT2D eigenvalue weighted by molar-refractivity contribution is 0.319. The second kappa shape index (κ2) is 4.39. The molecule has 16 heavy (non-hydrogen) atoms. The Balaban J connectivity index is 2.40. The van der Waals surface area contributed by atoms with Gasteiger partial charge in [-0.25, -0.2) is 0 Å². The van der Waals surface area contributed by atoms with Gasteiger partial charge in [-0.3, -0.25) is 9.58 Å². The monoisotopic (exact) mass is 221 g/mol. The average Bonchev–Trinajstić information content (AvgIpc) is 2.82. The van der Waals surface area contributed by atoms with Crippen LogP contribution in [0, 0.1) is 0 Å². The summed E-state index contributed by atoms with van der Waals surface area (Å²) in [5, 5.41) is 13.7. The van der Waals surface area contributed by atoms with Crippen molar-refractivity contribution in [2.75, 3.05) is 26.7 Å². The smallest absolute Gasteiger partial charge is 0.0661 e. The number of aromatic nitrogens is 2. The van der Waals surface area contributed by atoms with Crippen molar-refractivity contribution in [2.45, 2.75) is 19.9 Å². The lowest BCUT2D eigenvalue weighted by Crippen LogP contribution is -2.15. The molecule has 0 radical (unpaired) electrons. The van der Waals surface area contributed by atoms with E-state index in [-0.39, 0.29) is 6.61 Å². The fourth-order valence-corrected chi connectivity index (χ4v) is 2.23. The molecule has 2 rings (SSSR count). The van der Waals surface area contributed by atoms with Gasteiger partial charge in [-0.15, -0.1) is 0 Å². The fourth-order valence-electron chi connectivity index (χ4n) is 2.23. The van der Waals surface area contributed by atoms with E-state index >= 15 is 0 Å². The molecule has 4 heteroatoms. The molecule has 1 aliphatic rings. The molecule has 1 aliphatic heterocycles. The highest BCUT2D eigenvalue weighted by Gasteiger charge is 2.22. The molecule has 1 aromatic heterocycles. The van der Waals surface area contributed by atoms with Crippen LogP contribution in [0.4, 0.5) is 0 Å². The lowest BCUT2D eigenvalue weighted by Gasteiger charge is -2.13. The summed E-state index contributed by atoms with van der Waals surface area (Å²) in [6.45, 7) is 6.13. The van der Waals surface area contributed by atoms with Crippen molar-refractivity contribution in [2.24, 2.45) is 0 Å². The molecule has 0 amide bonds. The number of nitrogens with zero attached hydrogens (tertiary/aromatic N) is 3. The predicted octanol–water partition coefficient (Wildman–Crippen LogP) is 1.16. The average molecular weight is 221 g/mol. The van der Waals surface area contributed by atoms with Gasteiger partial charge in [0, 0.05) is 25.3 Å². The molecule has 2 heterocycles. The van der Waals surface area contributed by atoms with Crippen LogP contribution in [0.25, 0.3) is 5.57 Å². The van der Waals surface area contributed by atoms with Crippen LogP contribution < -0.4 is 0 Å². The third kappa shape index (κ3) is 1.90. The van der Waals surface area contributed by atoms with Gasteiger partial charge in [0.05, 0.1) is 12.3 Å². The van der Waals surface area contributed by atoms with Crippen molar-refractivity contribution in [1.82, 2.24) is 14.7 Å². The Hall–Kier alpha value is -1.13. The van der Waals surface area contributed by atoms with Gasteiger partial charge in [-0.05, 0) is 38.1 Å². The summed E-state index contributed by atoms with van der Waals surface area (Å²) < 4.78 is 2.02. The molecule has 1 N–H and O–H groups in total. The Bertz CT molecular complexity index is 406. The van der Waals surface area contributed by atoms with Gasteiger partial charge in [0.15, 0.2) is 0 Å². The van der Waals surface area contributed by atoms with Crippen LogP contribution in [0.15, 0.2) is 17.8 Å². The molecule has 4 nitrogen and oxygen atoms in total. The molecular weight excluding hydrogens is 202 g/mol. The van der Waals surface area contributed by atoms with Crippen LogP contribution >= 0.6 is 0 Å². The zero-order valence-electron chi connectivity index (χ0n) is 10.1. The van der Waals surface area contributed by atoms with Crippen molar-refractivity contribution in [3.05, 3.63) is 23.5 Å². The Kier molecular flexibility index (Phi) is 3.12. The summed E-state index contributed by atoms with van der Waals surface area (Å²) >= 11 is 0. The number of aliphatic hydroxyl groups is 1. The molecule has 0 fully saturated rings. The maximum atomic E-state index is 9.37. The van der Waals surface area contributed by atoms with E-state index in [2.05, 4.69) is 30.9 Å². The Morgan fingerprint density at radius 3 is 2.81 bits per heavy atom. The Labute approximate surface area is 96.2 Å². The van der Waals surface area contributed by atoms with Crippen LogP contribution in [0.5, 0.6) is 0 Å². The van der Waals surface area contributed by atoms with Crippen molar-refractivity contribution < 1.29 is 5.11 Å². The third-order valence-corrected chi connectivity index (χ3v) is 2.98. The Morgan fingerprint density at radius 2 is 2.19 bits per heavy atom. The zero-order chi connectivity index (χ0) is 11.7. The molecule has 88 valence electrons. The lowest BCUT2D eigenvalue weighted by atomic mass is 10.1. The molecule has 0 saturated heterocycles. The van der Waals surface area contributed by atoms with Crippen LogP contribution in [0.1, 0.15) is 25.6 Å². The van der Waals surface area contributed by atoms with Crippen LogP contribution in [-0.2, 0) is 0 Å². The summed E-state index contributed by atoms with van der Waals surface area (Å²) in [5.74, 6) is 0. The van der Waals surface area contributed by atoms with E-state index in [0.29, 0.717) is 6.04 Å². The van der Waals surface area contributed by atoms with Crippen LogP contribution in [-0.4, -0.2) is 46.5 Å². The first-order chi connectivity index (χ1) is 7.63. The SMILES string of the molecule is CC(C)n1nccc1C1=C(CO)CN(C)C1. The summed E-state index contributed by atoms with van der Waals surface area (Å²) in [6.07, 6.45) is 1.83. The largest absolute Gasteiger partial charge is 0.392 e. The van der Waals surface area contributed by atoms with Gasteiger partial charge in [0.1, 0.15) is 0 Å². The van der Waals surface area contributed by atoms with Gasteiger partial charge in [0.25, 0.3) is 0 Å². The van der Waals surface area contributed by atoms with Gasteiger partial charge < -0.3 is 5.11 Å². The minimum Gasteiger partial charge on any atom is -0.392 e. The predicted molar refractivity (Wildman–Crippen MR) is 64.1 cm³/mol. The quantitative estimate of drug-likeness (QED) is 0.832. The second-order valence-corrected chi connectivity index (χ2v) is 4.67. The highest BCUT2D eigenvalue weighted by Crippen LogP contribution is 2.26. The number of likely N-dealkylation sites (N-methyl/N-ethyl adjacent to an activating group) is 1. The van der Waals surface area contributed by atoms with Crippen molar-refractivity contribution in [1.29, 1.82) is 0 Å². The van der Waals surface area contributed by atoms with E-state index in [0.717, 1.165) is 24.4 Å². The zero-order valence-corrected chi connectivity index (χ0v) is 10.1. The molecular formula is C12H19N3O. The van der Waals surface area contributed by atoms with Gasteiger partial charge in [0.2, 0.25) is 0 Å². The normalized spacial score (nSPS) is 17.8. The first-order valence-electron chi connectivity index (χ1n) is 5.67.